The molecule has 0 amide bonds. The number of hydrogen-bond donors (Lipinski definition) is 0. The minimum absolute atomic E-state index is 0.530. The Morgan fingerprint density at radius 3 is 2.27 bits per heavy atom. The Hall–Kier alpha value is -0.830. The van der Waals surface area contributed by atoms with Crippen molar-refractivity contribution in [2.24, 2.45) is 11.8 Å². The average molecular weight is 221 g/mol. The van der Waals surface area contributed by atoms with Crippen molar-refractivity contribution in [2.75, 3.05) is 29.5 Å². The van der Waals surface area contributed by atoms with E-state index in [4.69, 9.17) is 0 Å². The van der Waals surface area contributed by atoms with Gasteiger partial charge < -0.3 is 4.90 Å². The molecule has 80 valence electrons. The fourth-order valence-electron chi connectivity index (χ4n) is 2.71. The van der Waals surface area contributed by atoms with Crippen molar-refractivity contribution in [1.29, 1.82) is 0 Å². The molecule has 1 aromatic rings. The lowest BCUT2D eigenvalue weighted by atomic mass is 10.0. The minimum atomic E-state index is -0.530. The van der Waals surface area contributed by atoms with E-state index in [-0.39, 0.29) is 0 Å². The van der Waals surface area contributed by atoms with E-state index in [0.717, 1.165) is 24.6 Å². The van der Waals surface area contributed by atoms with Crippen LogP contribution in [0.25, 0.3) is 0 Å². The summed E-state index contributed by atoms with van der Waals surface area (Å²) in [4.78, 5) is 2.44. The number of rotatable bonds is 1. The molecule has 2 aliphatic heterocycles. The molecule has 1 aromatic carbocycles. The van der Waals surface area contributed by atoms with Gasteiger partial charge in [-0.3, -0.25) is 4.21 Å². The molecule has 2 heterocycles. The maximum Gasteiger partial charge on any atom is 0.0366 e. The van der Waals surface area contributed by atoms with Gasteiger partial charge in [-0.2, -0.15) is 0 Å². The van der Waals surface area contributed by atoms with Crippen molar-refractivity contribution >= 4 is 16.5 Å². The van der Waals surface area contributed by atoms with Crippen LogP contribution >= 0.6 is 0 Å². The van der Waals surface area contributed by atoms with E-state index in [1.807, 2.05) is 0 Å². The second kappa shape index (κ2) is 3.63. The predicted octanol–water partition coefficient (Wildman–Crippen LogP) is 1.50. The molecule has 15 heavy (non-hydrogen) atoms. The van der Waals surface area contributed by atoms with Crippen molar-refractivity contribution < 1.29 is 4.21 Å². The largest absolute Gasteiger partial charge is 0.371 e. The normalized spacial score (nSPS) is 34.4. The first-order valence-electron chi connectivity index (χ1n) is 5.48. The molecule has 2 aliphatic rings. The quantitative estimate of drug-likeness (QED) is 0.716. The summed E-state index contributed by atoms with van der Waals surface area (Å²) < 4.78 is 11.4. The number of fused-ring (bicyclic) bond motifs is 1. The van der Waals surface area contributed by atoms with E-state index in [1.165, 1.54) is 5.69 Å². The summed E-state index contributed by atoms with van der Waals surface area (Å²) in [6, 6.07) is 10.6. The molecular weight excluding hydrogens is 206 g/mol. The highest BCUT2D eigenvalue weighted by Crippen LogP contribution is 2.33. The molecule has 0 spiro atoms. The molecule has 0 N–H and O–H groups in total. The summed E-state index contributed by atoms with van der Waals surface area (Å²) in [5.74, 6) is 3.19. The molecular formula is C12H15NOS. The van der Waals surface area contributed by atoms with Gasteiger partial charge in [-0.05, 0) is 24.0 Å². The van der Waals surface area contributed by atoms with Crippen LogP contribution in [0.2, 0.25) is 0 Å². The van der Waals surface area contributed by atoms with Gasteiger partial charge >= 0.3 is 0 Å². The lowest BCUT2D eigenvalue weighted by molar-refractivity contribution is 0.533. The topological polar surface area (TPSA) is 20.3 Å². The summed E-state index contributed by atoms with van der Waals surface area (Å²) in [6.45, 7) is 2.20. The van der Waals surface area contributed by atoms with Crippen molar-refractivity contribution in [2.45, 2.75) is 0 Å². The molecule has 2 fully saturated rings. The Bertz CT molecular complexity index is 362. The van der Waals surface area contributed by atoms with Crippen LogP contribution in [-0.4, -0.2) is 28.8 Å². The van der Waals surface area contributed by atoms with Crippen LogP contribution in [0.5, 0.6) is 0 Å². The van der Waals surface area contributed by atoms with Gasteiger partial charge in [-0.25, -0.2) is 0 Å². The highest BCUT2D eigenvalue weighted by atomic mass is 32.2. The first-order valence-corrected chi connectivity index (χ1v) is 6.97. The smallest absolute Gasteiger partial charge is 0.0366 e. The average Bonchev–Trinajstić information content (AvgIpc) is 2.76. The highest BCUT2D eigenvalue weighted by Gasteiger charge is 2.39. The standard InChI is InChI=1S/C12H15NOS/c14-15-8-10-6-13(7-11(10)9-15)12-4-2-1-3-5-12/h1-5,10-11H,6-9H2. The Morgan fingerprint density at radius 2 is 1.67 bits per heavy atom. The van der Waals surface area contributed by atoms with E-state index in [1.54, 1.807) is 0 Å². The highest BCUT2D eigenvalue weighted by molar-refractivity contribution is 7.85. The molecule has 0 bridgehead atoms. The Morgan fingerprint density at radius 1 is 1.07 bits per heavy atom. The third-order valence-electron chi connectivity index (χ3n) is 3.50. The molecule has 0 radical (unpaired) electrons. The number of hydrogen-bond acceptors (Lipinski definition) is 2. The molecule has 2 nitrogen and oxygen atoms in total. The molecule has 0 aromatic heterocycles. The van der Waals surface area contributed by atoms with E-state index in [2.05, 4.69) is 35.2 Å². The van der Waals surface area contributed by atoms with Crippen molar-refractivity contribution in [3.8, 4) is 0 Å². The molecule has 3 rings (SSSR count). The first-order chi connectivity index (χ1) is 7.33. The van der Waals surface area contributed by atoms with E-state index >= 15 is 0 Å². The zero-order chi connectivity index (χ0) is 10.3. The zero-order valence-corrected chi connectivity index (χ0v) is 9.45. The maximum absolute atomic E-state index is 11.4. The summed E-state index contributed by atoms with van der Waals surface area (Å²) in [7, 11) is -0.530. The van der Waals surface area contributed by atoms with Gasteiger partial charge in [0.2, 0.25) is 0 Å². The lowest BCUT2D eigenvalue weighted by Crippen LogP contribution is -2.22. The Balaban J connectivity index is 1.76. The fourth-order valence-corrected chi connectivity index (χ4v) is 4.56. The van der Waals surface area contributed by atoms with Crippen LogP contribution in [0, 0.1) is 11.8 Å². The number of nitrogens with zero attached hydrogens (tertiary/aromatic N) is 1. The third-order valence-corrected chi connectivity index (χ3v) is 5.10. The van der Waals surface area contributed by atoms with Gasteiger partial charge in [0, 0.05) is 41.1 Å². The second-order valence-electron chi connectivity index (χ2n) is 4.53. The summed E-state index contributed by atoms with van der Waals surface area (Å²) in [5.41, 5.74) is 1.32. The lowest BCUT2D eigenvalue weighted by Gasteiger charge is -2.19. The molecule has 3 heteroatoms. The summed E-state index contributed by atoms with van der Waals surface area (Å²) >= 11 is 0. The van der Waals surface area contributed by atoms with E-state index < -0.39 is 10.8 Å². The van der Waals surface area contributed by atoms with Gasteiger partial charge in [0.05, 0.1) is 0 Å². The predicted molar refractivity (Wildman–Crippen MR) is 63.5 cm³/mol. The zero-order valence-electron chi connectivity index (χ0n) is 8.63. The Labute approximate surface area is 92.7 Å². The second-order valence-corrected chi connectivity index (χ2v) is 6.08. The van der Waals surface area contributed by atoms with Crippen LogP contribution in [0.4, 0.5) is 5.69 Å². The molecule has 0 aliphatic carbocycles. The van der Waals surface area contributed by atoms with Gasteiger partial charge in [-0.15, -0.1) is 0 Å². The molecule has 2 atom stereocenters. The fraction of sp³-hybridized carbons (Fsp3) is 0.500. The number of anilines is 1. The molecule has 2 unspecified atom stereocenters. The van der Waals surface area contributed by atoms with Gasteiger partial charge in [0.25, 0.3) is 0 Å². The maximum atomic E-state index is 11.4. The van der Waals surface area contributed by atoms with E-state index in [9.17, 15) is 4.21 Å². The van der Waals surface area contributed by atoms with Crippen molar-refractivity contribution in [3.05, 3.63) is 30.3 Å². The van der Waals surface area contributed by atoms with Gasteiger partial charge in [0.15, 0.2) is 0 Å². The van der Waals surface area contributed by atoms with Crippen LogP contribution in [0.15, 0.2) is 30.3 Å². The molecule has 2 saturated heterocycles. The van der Waals surface area contributed by atoms with Gasteiger partial charge in [0.1, 0.15) is 0 Å². The molecule has 0 saturated carbocycles. The van der Waals surface area contributed by atoms with Gasteiger partial charge in [-0.1, -0.05) is 18.2 Å². The Kier molecular flexibility index (Phi) is 2.28. The SMILES string of the molecule is O=S1CC2CN(c3ccccc3)CC2C1. The van der Waals surface area contributed by atoms with Crippen LogP contribution in [-0.2, 0) is 10.8 Å². The summed E-state index contributed by atoms with van der Waals surface area (Å²) in [5, 5.41) is 0. The van der Waals surface area contributed by atoms with Crippen molar-refractivity contribution in [3.63, 3.8) is 0 Å². The van der Waals surface area contributed by atoms with Crippen LogP contribution < -0.4 is 4.90 Å². The number of benzene rings is 1. The minimum Gasteiger partial charge on any atom is -0.371 e. The van der Waals surface area contributed by atoms with Crippen LogP contribution in [0.1, 0.15) is 0 Å². The third kappa shape index (κ3) is 1.69. The van der Waals surface area contributed by atoms with E-state index in [0.29, 0.717) is 11.8 Å². The number of para-hydroxylation sites is 1. The monoisotopic (exact) mass is 221 g/mol. The first kappa shape index (κ1) is 9.40. The van der Waals surface area contributed by atoms with Crippen LogP contribution in [0.3, 0.4) is 0 Å². The summed E-state index contributed by atoms with van der Waals surface area (Å²) in [6.07, 6.45) is 0. The van der Waals surface area contributed by atoms with Crippen molar-refractivity contribution in [1.82, 2.24) is 0 Å².